The lowest BCUT2D eigenvalue weighted by atomic mass is 9.87. The maximum Gasteiger partial charge on any atom is 0.172 e. The third-order valence-corrected chi connectivity index (χ3v) is 3.72. The Kier molecular flexibility index (Phi) is 3.47. The highest BCUT2D eigenvalue weighted by Gasteiger charge is 2.34. The number of aliphatic hydroxyl groups is 1. The van der Waals surface area contributed by atoms with E-state index in [2.05, 4.69) is 0 Å². The lowest BCUT2D eigenvalue weighted by molar-refractivity contribution is 0.0418. The Morgan fingerprint density at radius 1 is 1.20 bits per heavy atom. The van der Waals surface area contributed by atoms with Crippen molar-refractivity contribution < 1.29 is 14.6 Å². The summed E-state index contributed by atoms with van der Waals surface area (Å²) >= 11 is 5.90. The number of halogens is 1. The van der Waals surface area contributed by atoms with Crippen molar-refractivity contribution in [1.82, 2.24) is 0 Å². The lowest BCUT2D eigenvalue weighted by Gasteiger charge is -2.29. The molecule has 1 N–H and O–H groups in total. The molecule has 4 heteroatoms. The fourth-order valence-electron chi connectivity index (χ4n) is 2.42. The standard InChI is InChI=1S/C16H13ClO3/c17-11-5-3-4-10(8-11)15(18)13-9-20-14-7-2-1-6-12(14)16(13)19/h1-8,13,16,19H,9H2. The number of Topliss-reactive ketones (excluding diaryl/α,β-unsaturated/α-hetero) is 1. The number of ether oxygens (including phenoxy) is 1. The molecule has 0 saturated heterocycles. The smallest absolute Gasteiger partial charge is 0.172 e. The average Bonchev–Trinajstić information content (AvgIpc) is 2.47. The van der Waals surface area contributed by atoms with Crippen molar-refractivity contribution in [3.05, 3.63) is 64.7 Å². The minimum absolute atomic E-state index is 0.158. The van der Waals surface area contributed by atoms with Crippen molar-refractivity contribution >= 4 is 17.4 Å². The molecule has 0 radical (unpaired) electrons. The van der Waals surface area contributed by atoms with Crippen LogP contribution in [0.1, 0.15) is 22.0 Å². The summed E-state index contributed by atoms with van der Waals surface area (Å²) in [5, 5.41) is 10.9. The van der Waals surface area contributed by atoms with E-state index in [0.29, 0.717) is 21.9 Å². The van der Waals surface area contributed by atoms with Gasteiger partial charge in [-0.1, -0.05) is 41.9 Å². The third-order valence-electron chi connectivity index (χ3n) is 3.48. The van der Waals surface area contributed by atoms with Crippen molar-refractivity contribution in [1.29, 1.82) is 0 Å². The molecule has 1 aliphatic rings. The van der Waals surface area contributed by atoms with Gasteiger partial charge in [-0.2, -0.15) is 0 Å². The van der Waals surface area contributed by atoms with Gasteiger partial charge in [-0.05, 0) is 18.2 Å². The van der Waals surface area contributed by atoms with Crippen molar-refractivity contribution in [3.8, 4) is 5.75 Å². The largest absolute Gasteiger partial charge is 0.492 e. The van der Waals surface area contributed by atoms with Gasteiger partial charge >= 0.3 is 0 Å². The molecule has 2 aromatic rings. The zero-order valence-electron chi connectivity index (χ0n) is 10.6. The van der Waals surface area contributed by atoms with Crippen LogP contribution in [0, 0.1) is 5.92 Å². The number of hydrogen-bond acceptors (Lipinski definition) is 3. The average molecular weight is 289 g/mol. The van der Waals surface area contributed by atoms with E-state index in [1.165, 1.54) is 0 Å². The lowest BCUT2D eigenvalue weighted by Crippen LogP contribution is -2.32. The molecule has 0 amide bonds. The topological polar surface area (TPSA) is 46.5 Å². The minimum atomic E-state index is -0.855. The summed E-state index contributed by atoms with van der Waals surface area (Å²) in [6.07, 6.45) is -0.855. The number of fused-ring (bicyclic) bond motifs is 1. The van der Waals surface area contributed by atoms with Crippen LogP contribution < -0.4 is 4.74 Å². The Labute approximate surface area is 121 Å². The number of benzene rings is 2. The van der Waals surface area contributed by atoms with Crippen LogP contribution in [0.4, 0.5) is 0 Å². The van der Waals surface area contributed by atoms with Crippen LogP contribution in [0.3, 0.4) is 0 Å². The van der Waals surface area contributed by atoms with Gasteiger partial charge in [0.2, 0.25) is 0 Å². The van der Waals surface area contributed by atoms with Gasteiger partial charge in [-0.25, -0.2) is 0 Å². The summed E-state index contributed by atoms with van der Waals surface area (Å²) in [5.41, 5.74) is 1.14. The Morgan fingerprint density at radius 3 is 2.80 bits per heavy atom. The minimum Gasteiger partial charge on any atom is -0.492 e. The van der Waals surface area contributed by atoms with Crippen molar-refractivity contribution in [3.63, 3.8) is 0 Å². The molecular weight excluding hydrogens is 276 g/mol. The molecule has 3 rings (SSSR count). The summed E-state index contributed by atoms with van der Waals surface area (Å²) in [6, 6.07) is 14.0. The Hall–Kier alpha value is -1.84. The second-order valence-corrected chi connectivity index (χ2v) is 5.21. The summed E-state index contributed by atoms with van der Waals surface area (Å²) < 4.78 is 5.57. The molecule has 2 atom stereocenters. The van der Waals surface area contributed by atoms with E-state index in [4.69, 9.17) is 16.3 Å². The van der Waals surface area contributed by atoms with E-state index < -0.39 is 12.0 Å². The van der Waals surface area contributed by atoms with E-state index in [-0.39, 0.29) is 12.4 Å². The molecular formula is C16H13ClO3. The molecule has 3 nitrogen and oxygen atoms in total. The van der Waals surface area contributed by atoms with Crippen LogP contribution in [0.2, 0.25) is 5.02 Å². The fraction of sp³-hybridized carbons (Fsp3) is 0.188. The van der Waals surface area contributed by atoms with Gasteiger partial charge in [0, 0.05) is 16.1 Å². The molecule has 2 unspecified atom stereocenters. The Balaban J connectivity index is 1.91. The molecule has 102 valence electrons. The van der Waals surface area contributed by atoms with Crippen LogP contribution in [-0.4, -0.2) is 17.5 Å². The summed E-state index contributed by atoms with van der Waals surface area (Å²) in [6.45, 7) is 0.170. The van der Waals surface area contributed by atoms with Crippen LogP contribution >= 0.6 is 11.6 Å². The maximum absolute atomic E-state index is 12.5. The molecule has 0 aromatic heterocycles. The Bertz CT molecular complexity index is 654. The highest BCUT2D eigenvalue weighted by molar-refractivity contribution is 6.31. The molecule has 2 aromatic carbocycles. The molecule has 0 saturated carbocycles. The first-order chi connectivity index (χ1) is 9.66. The fourth-order valence-corrected chi connectivity index (χ4v) is 2.61. The van der Waals surface area contributed by atoms with E-state index in [9.17, 15) is 9.90 Å². The number of carbonyl (C=O) groups excluding carboxylic acids is 1. The molecule has 0 fully saturated rings. The van der Waals surface area contributed by atoms with Gasteiger partial charge < -0.3 is 9.84 Å². The molecule has 1 aliphatic heterocycles. The van der Waals surface area contributed by atoms with Crippen LogP contribution in [0.25, 0.3) is 0 Å². The number of carbonyl (C=O) groups is 1. The zero-order valence-corrected chi connectivity index (χ0v) is 11.4. The normalized spacial score (nSPS) is 20.9. The number of hydrogen-bond donors (Lipinski definition) is 1. The Morgan fingerprint density at radius 2 is 2.00 bits per heavy atom. The molecule has 20 heavy (non-hydrogen) atoms. The van der Waals surface area contributed by atoms with Crippen molar-refractivity contribution in [2.24, 2.45) is 5.92 Å². The second kappa shape index (κ2) is 5.27. The second-order valence-electron chi connectivity index (χ2n) is 4.77. The predicted molar refractivity (Wildman–Crippen MR) is 76.2 cm³/mol. The number of para-hydroxylation sites is 1. The number of aliphatic hydroxyl groups excluding tert-OH is 1. The van der Waals surface area contributed by atoms with Gasteiger partial charge in [0.1, 0.15) is 12.4 Å². The molecule has 0 spiro atoms. The SMILES string of the molecule is O=C(c1cccc(Cl)c1)C1COc2ccccc2C1O. The zero-order chi connectivity index (χ0) is 14.1. The molecule has 0 bridgehead atoms. The third kappa shape index (κ3) is 2.30. The van der Waals surface area contributed by atoms with E-state index in [0.717, 1.165) is 0 Å². The van der Waals surface area contributed by atoms with Crippen molar-refractivity contribution in [2.45, 2.75) is 6.10 Å². The van der Waals surface area contributed by atoms with E-state index in [1.807, 2.05) is 12.1 Å². The first kappa shape index (κ1) is 13.2. The highest BCUT2D eigenvalue weighted by Crippen LogP contribution is 2.36. The van der Waals surface area contributed by atoms with Gasteiger partial charge in [0.15, 0.2) is 5.78 Å². The molecule has 0 aliphatic carbocycles. The monoisotopic (exact) mass is 288 g/mol. The first-order valence-electron chi connectivity index (χ1n) is 6.36. The number of ketones is 1. The van der Waals surface area contributed by atoms with Gasteiger partial charge in [0.25, 0.3) is 0 Å². The van der Waals surface area contributed by atoms with Crippen LogP contribution in [0.5, 0.6) is 5.75 Å². The van der Waals surface area contributed by atoms with Crippen molar-refractivity contribution in [2.75, 3.05) is 6.61 Å². The summed E-state index contributed by atoms with van der Waals surface area (Å²) in [7, 11) is 0. The number of rotatable bonds is 2. The summed E-state index contributed by atoms with van der Waals surface area (Å²) in [5.74, 6) is -0.131. The maximum atomic E-state index is 12.5. The van der Waals surface area contributed by atoms with E-state index >= 15 is 0 Å². The van der Waals surface area contributed by atoms with Crippen LogP contribution in [0.15, 0.2) is 48.5 Å². The predicted octanol–water partition coefficient (Wildman–Crippen LogP) is 3.26. The summed E-state index contributed by atoms with van der Waals surface area (Å²) in [4.78, 5) is 12.5. The van der Waals surface area contributed by atoms with E-state index in [1.54, 1.807) is 36.4 Å². The quantitative estimate of drug-likeness (QED) is 0.863. The highest BCUT2D eigenvalue weighted by atomic mass is 35.5. The van der Waals surface area contributed by atoms with Gasteiger partial charge in [-0.15, -0.1) is 0 Å². The van der Waals surface area contributed by atoms with Gasteiger partial charge in [-0.3, -0.25) is 4.79 Å². The first-order valence-corrected chi connectivity index (χ1v) is 6.74. The van der Waals surface area contributed by atoms with Gasteiger partial charge in [0.05, 0.1) is 12.0 Å². The van der Waals surface area contributed by atoms with Crippen LogP contribution in [-0.2, 0) is 0 Å². The molecule has 1 heterocycles.